The first kappa shape index (κ1) is 13.3. The Morgan fingerprint density at radius 2 is 1.76 bits per heavy atom. The smallest absolute Gasteiger partial charge is 0.263 e. The second-order valence-corrected chi connectivity index (χ2v) is 5.95. The van der Waals surface area contributed by atoms with E-state index >= 15 is 0 Å². The lowest BCUT2D eigenvalue weighted by molar-refractivity contribution is 0.601. The van der Waals surface area contributed by atoms with Gasteiger partial charge < -0.3 is 0 Å². The maximum absolute atomic E-state index is 12.2. The third-order valence-corrected chi connectivity index (χ3v) is 4.19. The van der Waals surface area contributed by atoms with E-state index in [1.165, 1.54) is 18.3 Å². The molecule has 3 aromatic rings. The molecule has 0 atom stereocenters. The van der Waals surface area contributed by atoms with Crippen molar-refractivity contribution in [1.82, 2.24) is 14.8 Å². The van der Waals surface area contributed by atoms with Gasteiger partial charge in [0.15, 0.2) is 0 Å². The normalized spacial score (nSPS) is 11.2. The van der Waals surface area contributed by atoms with Crippen molar-refractivity contribution in [1.29, 1.82) is 0 Å². The molecule has 0 spiro atoms. The molecule has 2 heterocycles. The van der Waals surface area contributed by atoms with Crippen molar-refractivity contribution in [3.63, 3.8) is 0 Å². The molecule has 2 aromatic heterocycles. The minimum atomic E-state index is -3.64. The molecule has 0 saturated carbocycles. The van der Waals surface area contributed by atoms with Crippen LogP contribution in [0.2, 0.25) is 0 Å². The maximum atomic E-state index is 12.2. The first-order valence-corrected chi connectivity index (χ1v) is 7.67. The predicted octanol–water partition coefficient (Wildman–Crippen LogP) is 2.07. The molecule has 7 heteroatoms. The highest BCUT2D eigenvalue weighted by molar-refractivity contribution is 7.92. The van der Waals surface area contributed by atoms with Gasteiger partial charge in [-0.3, -0.25) is 4.72 Å². The SMILES string of the molecule is O=S(=O)(Nc1ccccn1)c1ccc(-n2cccn2)cc1. The van der Waals surface area contributed by atoms with E-state index in [1.54, 1.807) is 53.5 Å². The van der Waals surface area contributed by atoms with E-state index in [4.69, 9.17) is 0 Å². The van der Waals surface area contributed by atoms with Crippen LogP contribution in [0.5, 0.6) is 0 Å². The molecule has 0 aliphatic heterocycles. The van der Waals surface area contributed by atoms with Crippen LogP contribution < -0.4 is 4.72 Å². The van der Waals surface area contributed by atoms with Crippen LogP contribution >= 0.6 is 0 Å². The molecule has 3 rings (SSSR count). The van der Waals surface area contributed by atoms with Crippen LogP contribution in [0.3, 0.4) is 0 Å². The van der Waals surface area contributed by atoms with Gasteiger partial charge in [-0.1, -0.05) is 6.07 Å². The summed E-state index contributed by atoms with van der Waals surface area (Å²) in [6.07, 6.45) is 4.97. The summed E-state index contributed by atoms with van der Waals surface area (Å²) < 4.78 is 28.5. The molecule has 0 unspecified atom stereocenters. The lowest BCUT2D eigenvalue weighted by atomic mass is 10.3. The molecule has 0 fully saturated rings. The monoisotopic (exact) mass is 300 g/mol. The fraction of sp³-hybridized carbons (Fsp3) is 0. The van der Waals surface area contributed by atoms with E-state index in [0.29, 0.717) is 0 Å². The average Bonchev–Trinajstić information content (AvgIpc) is 3.02. The van der Waals surface area contributed by atoms with Crippen molar-refractivity contribution < 1.29 is 8.42 Å². The third kappa shape index (κ3) is 2.92. The molecule has 106 valence electrons. The summed E-state index contributed by atoms with van der Waals surface area (Å²) in [5.74, 6) is 0.286. The van der Waals surface area contributed by atoms with Crippen LogP contribution in [0.4, 0.5) is 5.82 Å². The fourth-order valence-electron chi connectivity index (χ4n) is 1.82. The Morgan fingerprint density at radius 1 is 0.952 bits per heavy atom. The zero-order valence-electron chi connectivity index (χ0n) is 10.9. The minimum Gasteiger partial charge on any atom is -0.263 e. The number of sulfonamides is 1. The number of nitrogens with zero attached hydrogens (tertiary/aromatic N) is 3. The van der Waals surface area contributed by atoms with Crippen molar-refractivity contribution in [2.24, 2.45) is 0 Å². The third-order valence-electron chi connectivity index (χ3n) is 2.82. The molecule has 1 N–H and O–H groups in total. The molecule has 6 nitrogen and oxygen atoms in total. The Morgan fingerprint density at radius 3 is 2.38 bits per heavy atom. The number of nitrogens with one attached hydrogen (secondary N) is 1. The van der Waals surface area contributed by atoms with Gasteiger partial charge in [-0.15, -0.1) is 0 Å². The molecule has 0 bridgehead atoms. The molecule has 21 heavy (non-hydrogen) atoms. The van der Waals surface area contributed by atoms with Gasteiger partial charge in [-0.25, -0.2) is 18.1 Å². The summed E-state index contributed by atoms with van der Waals surface area (Å²) in [6.45, 7) is 0. The van der Waals surface area contributed by atoms with Gasteiger partial charge in [-0.2, -0.15) is 5.10 Å². The molecule has 0 amide bonds. The quantitative estimate of drug-likeness (QED) is 0.800. The van der Waals surface area contributed by atoms with E-state index < -0.39 is 10.0 Å². The first-order valence-electron chi connectivity index (χ1n) is 6.19. The van der Waals surface area contributed by atoms with Crippen molar-refractivity contribution >= 4 is 15.8 Å². The van der Waals surface area contributed by atoms with E-state index in [2.05, 4.69) is 14.8 Å². The van der Waals surface area contributed by atoms with Crippen LogP contribution in [0.25, 0.3) is 5.69 Å². The highest BCUT2D eigenvalue weighted by Gasteiger charge is 2.14. The van der Waals surface area contributed by atoms with Crippen LogP contribution in [-0.2, 0) is 10.0 Å². The van der Waals surface area contributed by atoms with Crippen molar-refractivity contribution in [3.05, 3.63) is 67.1 Å². The lowest BCUT2D eigenvalue weighted by Crippen LogP contribution is -2.13. The van der Waals surface area contributed by atoms with Crippen LogP contribution in [0.15, 0.2) is 72.0 Å². The van der Waals surface area contributed by atoms with E-state index in [9.17, 15) is 8.42 Å². The molecule has 0 aliphatic rings. The van der Waals surface area contributed by atoms with Gasteiger partial charge in [0.1, 0.15) is 5.82 Å². The predicted molar refractivity (Wildman–Crippen MR) is 78.6 cm³/mol. The number of rotatable bonds is 4. The number of anilines is 1. The van der Waals surface area contributed by atoms with E-state index in [1.807, 2.05) is 0 Å². The van der Waals surface area contributed by atoms with Gasteiger partial charge >= 0.3 is 0 Å². The van der Waals surface area contributed by atoms with Crippen LogP contribution in [-0.4, -0.2) is 23.2 Å². The summed E-state index contributed by atoms with van der Waals surface area (Å²) in [4.78, 5) is 4.11. The lowest BCUT2D eigenvalue weighted by Gasteiger charge is -2.08. The van der Waals surface area contributed by atoms with Crippen molar-refractivity contribution in [3.8, 4) is 5.69 Å². The molecule has 0 radical (unpaired) electrons. The molecule has 1 aromatic carbocycles. The van der Waals surface area contributed by atoms with Gasteiger partial charge in [0.05, 0.1) is 10.6 Å². The summed E-state index contributed by atoms with van der Waals surface area (Å²) in [5, 5.41) is 4.09. The Bertz CT molecular complexity index is 813. The van der Waals surface area contributed by atoms with E-state index in [-0.39, 0.29) is 10.7 Å². The topological polar surface area (TPSA) is 76.9 Å². The van der Waals surface area contributed by atoms with Gasteiger partial charge in [-0.05, 0) is 42.5 Å². The highest BCUT2D eigenvalue weighted by Crippen LogP contribution is 2.16. The van der Waals surface area contributed by atoms with Gasteiger partial charge in [0, 0.05) is 18.6 Å². The maximum Gasteiger partial charge on any atom is 0.263 e. The van der Waals surface area contributed by atoms with Crippen LogP contribution in [0, 0.1) is 0 Å². The first-order chi connectivity index (χ1) is 10.1. The summed E-state index contributed by atoms with van der Waals surface area (Å²) in [5.41, 5.74) is 0.789. The largest absolute Gasteiger partial charge is 0.263 e. The molecule has 0 aliphatic carbocycles. The molecular formula is C14H12N4O2S. The summed E-state index contributed by atoms with van der Waals surface area (Å²) in [7, 11) is -3.64. The fourth-order valence-corrected chi connectivity index (χ4v) is 2.83. The second kappa shape index (κ2) is 5.37. The second-order valence-electron chi connectivity index (χ2n) is 4.27. The molecule has 0 saturated heterocycles. The standard InChI is InChI=1S/C14H12N4O2S/c19-21(20,17-14-4-1-2-9-15-14)13-7-5-12(6-8-13)18-11-3-10-16-18/h1-11H,(H,15,17). The average molecular weight is 300 g/mol. The van der Waals surface area contributed by atoms with Gasteiger partial charge in [0.25, 0.3) is 10.0 Å². The zero-order valence-corrected chi connectivity index (χ0v) is 11.7. The Labute approximate surface area is 122 Å². The molecular weight excluding hydrogens is 288 g/mol. The Kier molecular flexibility index (Phi) is 3.41. The number of aromatic nitrogens is 3. The van der Waals surface area contributed by atoms with Gasteiger partial charge in [0.2, 0.25) is 0 Å². The summed E-state index contributed by atoms with van der Waals surface area (Å²) >= 11 is 0. The number of benzene rings is 1. The Hall–Kier alpha value is -2.67. The number of hydrogen-bond donors (Lipinski definition) is 1. The van der Waals surface area contributed by atoms with E-state index in [0.717, 1.165) is 5.69 Å². The van der Waals surface area contributed by atoms with Crippen molar-refractivity contribution in [2.45, 2.75) is 4.90 Å². The minimum absolute atomic E-state index is 0.170. The number of hydrogen-bond acceptors (Lipinski definition) is 4. The Balaban J connectivity index is 1.86. The number of pyridine rings is 1. The summed E-state index contributed by atoms with van der Waals surface area (Å²) in [6, 6.07) is 13.3. The van der Waals surface area contributed by atoms with Crippen LogP contribution in [0.1, 0.15) is 0 Å². The zero-order chi connectivity index (χ0) is 14.7. The highest BCUT2D eigenvalue weighted by atomic mass is 32.2. The van der Waals surface area contributed by atoms with Crippen molar-refractivity contribution in [2.75, 3.05) is 4.72 Å².